The normalized spacial score (nSPS) is 12.3. The summed E-state index contributed by atoms with van der Waals surface area (Å²) in [5.74, 6) is -1.01. The number of aliphatic hydroxyl groups is 1. The number of nitrogens with zero attached hydrogens (tertiary/aromatic N) is 1. The molecule has 0 saturated carbocycles. The number of anilines is 3. The van der Waals surface area contributed by atoms with Crippen molar-refractivity contribution in [3.05, 3.63) is 54.1 Å². The summed E-state index contributed by atoms with van der Waals surface area (Å²) in [5.41, 5.74) is 15.2. The third kappa shape index (κ3) is 5.05. The Bertz CT molecular complexity index is 819. The fraction of sp³-hybridized carbons (Fsp3) is 0.118. The summed E-state index contributed by atoms with van der Waals surface area (Å²) in [6.45, 7) is 1.28. The molecule has 130 valence electrons. The van der Waals surface area contributed by atoms with E-state index in [0.717, 1.165) is 0 Å². The van der Waals surface area contributed by atoms with Gasteiger partial charge in [-0.05, 0) is 36.4 Å². The molecule has 8 heteroatoms. The number of hydrogen-bond acceptors (Lipinski definition) is 7. The first kappa shape index (κ1) is 18.0. The van der Waals surface area contributed by atoms with E-state index in [2.05, 4.69) is 15.8 Å². The van der Waals surface area contributed by atoms with Crippen LogP contribution in [0.3, 0.4) is 0 Å². The fourth-order valence-corrected chi connectivity index (χ4v) is 2.05. The van der Waals surface area contributed by atoms with Crippen molar-refractivity contribution < 1.29 is 14.7 Å². The van der Waals surface area contributed by atoms with Crippen molar-refractivity contribution in [1.29, 1.82) is 0 Å². The van der Waals surface area contributed by atoms with Crippen molar-refractivity contribution in [2.75, 3.05) is 16.5 Å². The second kappa shape index (κ2) is 7.93. The van der Waals surface area contributed by atoms with Crippen LogP contribution in [0, 0.1) is 0 Å². The molecule has 1 unspecified atom stereocenters. The number of Topliss-reactive ketones (excluding diaryl/α,β-unsaturated/α-hetero) is 1. The highest BCUT2D eigenvalue weighted by Gasteiger charge is 2.18. The van der Waals surface area contributed by atoms with Crippen LogP contribution in [0.4, 0.5) is 17.1 Å². The highest BCUT2D eigenvalue weighted by molar-refractivity contribution is 6.41. The molecular weight excluding hydrogens is 322 g/mol. The standard InChI is InChI=1S/C17H19N5O3/c1-10(23)15(17(25)20-13-6-3-5-12(18)9-13)22-21-14-7-2-4-11(8-14)16(19)24/h2-9,17,20-21,25H,18H2,1H3,(H2,19,24)/b22-15-. The number of aliphatic hydroxyl groups excluding tert-OH is 1. The molecule has 2 aromatic carbocycles. The van der Waals surface area contributed by atoms with Gasteiger partial charge in [-0.1, -0.05) is 12.1 Å². The van der Waals surface area contributed by atoms with E-state index in [9.17, 15) is 14.7 Å². The number of nitrogen functional groups attached to an aromatic ring is 1. The van der Waals surface area contributed by atoms with Gasteiger partial charge in [-0.25, -0.2) is 0 Å². The number of amides is 1. The largest absolute Gasteiger partial charge is 0.399 e. The Labute approximate surface area is 144 Å². The van der Waals surface area contributed by atoms with Crippen LogP contribution in [-0.4, -0.2) is 28.7 Å². The topological polar surface area (TPSA) is 143 Å². The highest BCUT2D eigenvalue weighted by atomic mass is 16.3. The molecule has 0 aliphatic rings. The third-order valence-electron chi connectivity index (χ3n) is 3.26. The lowest BCUT2D eigenvalue weighted by molar-refractivity contribution is -0.111. The Hall–Kier alpha value is -3.39. The second-order valence-corrected chi connectivity index (χ2v) is 5.28. The summed E-state index contributed by atoms with van der Waals surface area (Å²) in [6, 6.07) is 13.0. The summed E-state index contributed by atoms with van der Waals surface area (Å²) in [7, 11) is 0. The lowest BCUT2D eigenvalue weighted by Crippen LogP contribution is -2.34. The van der Waals surface area contributed by atoms with Crippen molar-refractivity contribution in [3.63, 3.8) is 0 Å². The minimum absolute atomic E-state index is 0.132. The third-order valence-corrected chi connectivity index (χ3v) is 3.26. The zero-order valence-electron chi connectivity index (χ0n) is 13.6. The number of nitrogens with two attached hydrogens (primary N) is 2. The lowest BCUT2D eigenvalue weighted by atomic mass is 10.2. The molecule has 0 bridgehead atoms. The smallest absolute Gasteiger partial charge is 0.248 e. The Kier molecular flexibility index (Phi) is 5.70. The second-order valence-electron chi connectivity index (χ2n) is 5.28. The highest BCUT2D eigenvalue weighted by Crippen LogP contribution is 2.14. The maximum atomic E-state index is 11.8. The molecule has 0 aromatic heterocycles. The molecule has 2 rings (SSSR count). The molecule has 0 radical (unpaired) electrons. The Morgan fingerprint density at radius 3 is 2.44 bits per heavy atom. The van der Waals surface area contributed by atoms with E-state index in [1.54, 1.807) is 42.5 Å². The van der Waals surface area contributed by atoms with Crippen LogP contribution in [0.5, 0.6) is 0 Å². The molecule has 7 N–H and O–H groups in total. The minimum atomic E-state index is -1.34. The Morgan fingerprint density at radius 1 is 1.12 bits per heavy atom. The molecule has 0 fully saturated rings. The number of carbonyl (C=O) groups excluding carboxylic acids is 2. The van der Waals surface area contributed by atoms with Crippen molar-refractivity contribution >= 4 is 34.5 Å². The number of carbonyl (C=O) groups is 2. The van der Waals surface area contributed by atoms with E-state index in [4.69, 9.17) is 11.5 Å². The van der Waals surface area contributed by atoms with Gasteiger partial charge in [0.25, 0.3) is 0 Å². The van der Waals surface area contributed by atoms with Gasteiger partial charge in [-0.3, -0.25) is 15.0 Å². The van der Waals surface area contributed by atoms with Crippen LogP contribution < -0.4 is 22.2 Å². The van der Waals surface area contributed by atoms with E-state index >= 15 is 0 Å². The predicted molar refractivity (Wildman–Crippen MR) is 97.2 cm³/mol. The average Bonchev–Trinajstić information content (AvgIpc) is 2.55. The van der Waals surface area contributed by atoms with Gasteiger partial charge in [-0.15, -0.1) is 0 Å². The molecule has 0 aliphatic heterocycles. The van der Waals surface area contributed by atoms with Gasteiger partial charge < -0.3 is 21.9 Å². The molecule has 1 atom stereocenters. The van der Waals surface area contributed by atoms with E-state index in [1.807, 2.05) is 0 Å². The first-order valence-corrected chi connectivity index (χ1v) is 7.41. The summed E-state index contributed by atoms with van der Waals surface area (Å²) < 4.78 is 0. The van der Waals surface area contributed by atoms with E-state index < -0.39 is 17.9 Å². The SMILES string of the molecule is CC(=O)/C(=N/Nc1cccc(C(N)=O)c1)C(O)Nc1cccc(N)c1. The fourth-order valence-electron chi connectivity index (χ4n) is 2.05. The molecule has 25 heavy (non-hydrogen) atoms. The van der Waals surface area contributed by atoms with E-state index in [1.165, 1.54) is 13.0 Å². The molecule has 0 spiro atoms. The minimum Gasteiger partial charge on any atom is -0.399 e. The maximum Gasteiger partial charge on any atom is 0.248 e. The quantitative estimate of drug-likeness (QED) is 0.221. The molecule has 0 heterocycles. The van der Waals surface area contributed by atoms with Crippen molar-refractivity contribution in [2.24, 2.45) is 10.8 Å². The molecular formula is C17H19N5O3. The van der Waals surface area contributed by atoms with Crippen LogP contribution in [0.25, 0.3) is 0 Å². The maximum absolute atomic E-state index is 11.8. The van der Waals surface area contributed by atoms with Crippen LogP contribution in [-0.2, 0) is 4.79 Å². The Morgan fingerprint density at radius 2 is 1.80 bits per heavy atom. The number of rotatable bonds is 7. The predicted octanol–water partition coefficient (Wildman–Crippen LogP) is 1.16. The van der Waals surface area contributed by atoms with Gasteiger partial charge in [-0.2, -0.15) is 5.10 Å². The number of ketones is 1. The lowest BCUT2D eigenvalue weighted by Gasteiger charge is -2.15. The number of hydrogen-bond donors (Lipinski definition) is 5. The van der Waals surface area contributed by atoms with Crippen molar-refractivity contribution in [3.8, 4) is 0 Å². The van der Waals surface area contributed by atoms with E-state index in [-0.39, 0.29) is 5.71 Å². The average molecular weight is 341 g/mol. The number of primary amides is 1. The first-order chi connectivity index (χ1) is 11.9. The summed E-state index contributed by atoms with van der Waals surface area (Å²) >= 11 is 0. The summed E-state index contributed by atoms with van der Waals surface area (Å²) in [5, 5.41) is 16.9. The van der Waals surface area contributed by atoms with E-state index in [0.29, 0.717) is 22.6 Å². The Balaban J connectivity index is 2.16. The van der Waals surface area contributed by atoms with Gasteiger partial charge in [0, 0.05) is 23.9 Å². The summed E-state index contributed by atoms with van der Waals surface area (Å²) in [4.78, 5) is 23.0. The zero-order chi connectivity index (χ0) is 18.4. The van der Waals surface area contributed by atoms with Gasteiger partial charge in [0.2, 0.25) is 5.91 Å². The van der Waals surface area contributed by atoms with Gasteiger partial charge in [0.05, 0.1) is 5.69 Å². The number of hydrazone groups is 1. The van der Waals surface area contributed by atoms with Gasteiger partial charge in [0.1, 0.15) is 0 Å². The van der Waals surface area contributed by atoms with Crippen molar-refractivity contribution in [2.45, 2.75) is 13.2 Å². The van der Waals surface area contributed by atoms with Crippen LogP contribution in [0.2, 0.25) is 0 Å². The molecule has 1 amide bonds. The van der Waals surface area contributed by atoms with Gasteiger partial charge in [0.15, 0.2) is 17.7 Å². The molecule has 0 saturated heterocycles. The first-order valence-electron chi connectivity index (χ1n) is 7.41. The number of nitrogens with one attached hydrogen (secondary N) is 2. The van der Waals surface area contributed by atoms with Crippen LogP contribution in [0.1, 0.15) is 17.3 Å². The van der Waals surface area contributed by atoms with Crippen LogP contribution >= 0.6 is 0 Å². The molecule has 0 aliphatic carbocycles. The zero-order valence-corrected chi connectivity index (χ0v) is 13.6. The van der Waals surface area contributed by atoms with Crippen LogP contribution in [0.15, 0.2) is 53.6 Å². The summed E-state index contributed by atoms with van der Waals surface area (Å²) in [6.07, 6.45) is -1.34. The number of benzene rings is 2. The molecule has 8 nitrogen and oxygen atoms in total. The molecule has 2 aromatic rings. The van der Waals surface area contributed by atoms with Gasteiger partial charge >= 0.3 is 0 Å². The van der Waals surface area contributed by atoms with Crippen molar-refractivity contribution in [1.82, 2.24) is 0 Å². The monoisotopic (exact) mass is 341 g/mol.